The van der Waals surface area contributed by atoms with E-state index < -0.39 is 0 Å². The molecule has 0 spiro atoms. The minimum Gasteiger partial charge on any atom is -0.352 e. The molecular weight excluding hydrogens is 226 g/mol. The van der Waals surface area contributed by atoms with Crippen LogP contribution in [0, 0.1) is 5.92 Å². The molecule has 0 atom stereocenters. The fourth-order valence-electron chi connectivity index (χ4n) is 2.61. The Bertz CT molecular complexity index is 258. The van der Waals surface area contributed by atoms with Crippen molar-refractivity contribution in [3.8, 4) is 0 Å². The van der Waals surface area contributed by atoms with Gasteiger partial charge in [0.1, 0.15) is 0 Å². The number of carbonyl (C=O) groups excluding carboxylic acids is 1. The predicted molar refractivity (Wildman–Crippen MR) is 73.5 cm³/mol. The van der Waals surface area contributed by atoms with E-state index in [4.69, 9.17) is 0 Å². The highest BCUT2D eigenvalue weighted by Crippen LogP contribution is 2.27. The first-order valence-corrected chi connectivity index (χ1v) is 7.50. The van der Waals surface area contributed by atoms with Gasteiger partial charge in [-0.05, 0) is 51.1 Å². The second-order valence-corrected chi connectivity index (χ2v) is 5.76. The quantitative estimate of drug-likeness (QED) is 0.711. The molecule has 1 saturated heterocycles. The third-order valence-corrected chi connectivity index (χ3v) is 3.91. The number of amides is 1. The smallest absolute Gasteiger partial charge is 0.234 e. The van der Waals surface area contributed by atoms with Gasteiger partial charge in [0.15, 0.2) is 0 Å². The van der Waals surface area contributed by atoms with Crippen LogP contribution in [0.2, 0.25) is 0 Å². The average molecular weight is 253 g/mol. The van der Waals surface area contributed by atoms with Gasteiger partial charge in [-0.2, -0.15) is 0 Å². The van der Waals surface area contributed by atoms with Crippen molar-refractivity contribution in [2.24, 2.45) is 5.92 Å². The van der Waals surface area contributed by atoms with Crippen molar-refractivity contribution in [1.29, 1.82) is 0 Å². The van der Waals surface area contributed by atoms with Crippen molar-refractivity contribution in [3.05, 3.63) is 0 Å². The van der Waals surface area contributed by atoms with Crippen LogP contribution in [0.5, 0.6) is 0 Å². The molecule has 1 aliphatic carbocycles. The second kappa shape index (κ2) is 7.10. The lowest BCUT2D eigenvalue weighted by Crippen LogP contribution is -2.47. The third-order valence-electron chi connectivity index (χ3n) is 3.91. The molecule has 4 nitrogen and oxygen atoms in total. The zero-order valence-electron chi connectivity index (χ0n) is 11.6. The number of carbonyl (C=O) groups is 1. The SMILES string of the molecule is CCCN1CCC(NC(=O)CNCC2CC2)CC1. The topological polar surface area (TPSA) is 44.4 Å². The van der Waals surface area contributed by atoms with E-state index in [9.17, 15) is 4.79 Å². The van der Waals surface area contributed by atoms with E-state index in [1.54, 1.807) is 0 Å². The van der Waals surface area contributed by atoms with E-state index in [2.05, 4.69) is 22.5 Å². The van der Waals surface area contributed by atoms with Gasteiger partial charge in [0.2, 0.25) is 5.91 Å². The molecule has 0 aromatic heterocycles. The lowest BCUT2D eigenvalue weighted by Gasteiger charge is -2.32. The van der Waals surface area contributed by atoms with E-state index in [0.717, 1.165) is 38.4 Å². The molecule has 4 heteroatoms. The monoisotopic (exact) mass is 253 g/mol. The van der Waals surface area contributed by atoms with E-state index in [0.29, 0.717) is 12.6 Å². The van der Waals surface area contributed by atoms with E-state index in [1.807, 2.05) is 0 Å². The van der Waals surface area contributed by atoms with Crippen LogP contribution in [0.25, 0.3) is 0 Å². The van der Waals surface area contributed by atoms with Gasteiger partial charge >= 0.3 is 0 Å². The van der Waals surface area contributed by atoms with E-state index >= 15 is 0 Å². The van der Waals surface area contributed by atoms with Crippen molar-refractivity contribution >= 4 is 5.91 Å². The highest BCUT2D eigenvalue weighted by molar-refractivity contribution is 5.78. The minimum atomic E-state index is 0.171. The number of rotatable bonds is 7. The summed E-state index contributed by atoms with van der Waals surface area (Å²) in [5.41, 5.74) is 0. The number of nitrogens with zero attached hydrogens (tertiary/aromatic N) is 1. The van der Waals surface area contributed by atoms with Crippen LogP contribution in [0.3, 0.4) is 0 Å². The van der Waals surface area contributed by atoms with Crippen LogP contribution in [-0.4, -0.2) is 49.6 Å². The van der Waals surface area contributed by atoms with Crippen LogP contribution in [0.1, 0.15) is 39.0 Å². The fraction of sp³-hybridized carbons (Fsp3) is 0.929. The van der Waals surface area contributed by atoms with Gasteiger partial charge in [0, 0.05) is 19.1 Å². The molecule has 2 rings (SSSR count). The summed E-state index contributed by atoms with van der Waals surface area (Å²) in [6.45, 7) is 7.19. The van der Waals surface area contributed by atoms with Gasteiger partial charge in [-0.25, -0.2) is 0 Å². The molecule has 2 fully saturated rings. The first kappa shape index (κ1) is 13.8. The molecule has 0 aromatic rings. The van der Waals surface area contributed by atoms with Crippen molar-refractivity contribution < 1.29 is 4.79 Å². The van der Waals surface area contributed by atoms with Gasteiger partial charge in [-0.15, -0.1) is 0 Å². The maximum Gasteiger partial charge on any atom is 0.234 e. The Morgan fingerprint density at radius 1 is 1.22 bits per heavy atom. The lowest BCUT2D eigenvalue weighted by molar-refractivity contribution is -0.121. The zero-order valence-corrected chi connectivity index (χ0v) is 11.6. The highest BCUT2D eigenvalue weighted by Gasteiger charge is 2.22. The standard InChI is InChI=1S/C14H27N3O/c1-2-7-17-8-5-13(6-9-17)16-14(18)11-15-10-12-3-4-12/h12-13,15H,2-11H2,1H3,(H,16,18). The Balaban J connectivity index is 1.54. The molecular formula is C14H27N3O. The molecule has 1 saturated carbocycles. The molecule has 0 radical (unpaired) electrons. The van der Waals surface area contributed by atoms with Crippen LogP contribution in [0.15, 0.2) is 0 Å². The number of likely N-dealkylation sites (tertiary alicyclic amines) is 1. The van der Waals surface area contributed by atoms with Gasteiger partial charge in [-0.3, -0.25) is 4.79 Å². The normalized spacial score (nSPS) is 22.1. The van der Waals surface area contributed by atoms with Crippen molar-refractivity contribution in [2.45, 2.75) is 45.1 Å². The molecule has 1 aliphatic heterocycles. The van der Waals surface area contributed by atoms with E-state index in [-0.39, 0.29) is 5.91 Å². The Morgan fingerprint density at radius 2 is 1.94 bits per heavy atom. The van der Waals surface area contributed by atoms with Gasteiger partial charge in [0.25, 0.3) is 0 Å². The summed E-state index contributed by atoms with van der Waals surface area (Å²) in [6.07, 6.45) is 6.11. The molecule has 18 heavy (non-hydrogen) atoms. The molecule has 2 aliphatic rings. The molecule has 2 N–H and O–H groups in total. The van der Waals surface area contributed by atoms with Crippen molar-refractivity contribution in [1.82, 2.24) is 15.5 Å². The maximum absolute atomic E-state index is 11.7. The van der Waals surface area contributed by atoms with Crippen LogP contribution < -0.4 is 10.6 Å². The Hall–Kier alpha value is -0.610. The van der Waals surface area contributed by atoms with Crippen molar-refractivity contribution in [3.63, 3.8) is 0 Å². The highest BCUT2D eigenvalue weighted by atomic mass is 16.1. The summed E-state index contributed by atoms with van der Waals surface area (Å²) in [7, 11) is 0. The van der Waals surface area contributed by atoms with Crippen LogP contribution in [-0.2, 0) is 4.79 Å². The summed E-state index contributed by atoms with van der Waals surface area (Å²) in [5.74, 6) is 1.01. The van der Waals surface area contributed by atoms with Crippen LogP contribution >= 0.6 is 0 Å². The summed E-state index contributed by atoms with van der Waals surface area (Å²) in [5, 5.41) is 6.39. The first-order valence-electron chi connectivity index (χ1n) is 7.50. The molecule has 0 bridgehead atoms. The average Bonchev–Trinajstić information content (AvgIpc) is 3.16. The van der Waals surface area contributed by atoms with E-state index in [1.165, 1.54) is 25.8 Å². The first-order chi connectivity index (χ1) is 8.78. The number of hydrogen-bond donors (Lipinski definition) is 2. The van der Waals surface area contributed by atoms with Gasteiger partial charge in [0.05, 0.1) is 6.54 Å². The van der Waals surface area contributed by atoms with Crippen LogP contribution in [0.4, 0.5) is 0 Å². The summed E-state index contributed by atoms with van der Waals surface area (Å²) in [6, 6.07) is 0.397. The lowest BCUT2D eigenvalue weighted by atomic mass is 10.0. The van der Waals surface area contributed by atoms with Crippen molar-refractivity contribution in [2.75, 3.05) is 32.7 Å². The zero-order chi connectivity index (χ0) is 12.8. The molecule has 1 heterocycles. The molecule has 1 amide bonds. The maximum atomic E-state index is 11.7. The Labute approximate surface area is 110 Å². The molecule has 104 valence electrons. The van der Waals surface area contributed by atoms with Gasteiger partial charge in [-0.1, -0.05) is 6.92 Å². The molecule has 0 aromatic carbocycles. The molecule has 0 unspecified atom stereocenters. The third kappa shape index (κ3) is 4.94. The largest absolute Gasteiger partial charge is 0.352 e. The minimum absolute atomic E-state index is 0.171. The Kier molecular flexibility index (Phi) is 5.45. The number of hydrogen-bond acceptors (Lipinski definition) is 3. The summed E-state index contributed by atoms with van der Waals surface area (Å²) >= 11 is 0. The second-order valence-electron chi connectivity index (χ2n) is 5.76. The number of nitrogens with one attached hydrogen (secondary N) is 2. The summed E-state index contributed by atoms with van der Waals surface area (Å²) < 4.78 is 0. The Morgan fingerprint density at radius 3 is 2.56 bits per heavy atom. The summed E-state index contributed by atoms with van der Waals surface area (Å²) in [4.78, 5) is 14.2. The number of piperidine rings is 1. The predicted octanol–water partition coefficient (Wildman–Crippen LogP) is 0.977. The fourth-order valence-corrected chi connectivity index (χ4v) is 2.61. The van der Waals surface area contributed by atoms with Gasteiger partial charge < -0.3 is 15.5 Å².